The number of carbonyl (C=O) groups is 2. The molecule has 1 atom stereocenters. The van der Waals surface area contributed by atoms with Crippen molar-refractivity contribution in [3.05, 3.63) is 64.9 Å². The molecule has 34 heavy (non-hydrogen) atoms. The summed E-state index contributed by atoms with van der Waals surface area (Å²) in [5.74, 6) is -1.58. The van der Waals surface area contributed by atoms with Crippen LogP contribution in [0.15, 0.2) is 48.5 Å². The Labute approximate surface area is 205 Å². The summed E-state index contributed by atoms with van der Waals surface area (Å²) in [5, 5.41) is 3.41. The van der Waals surface area contributed by atoms with Gasteiger partial charge < -0.3 is 10.2 Å². The molecule has 0 spiro atoms. The van der Waals surface area contributed by atoms with Crippen LogP contribution in [0.25, 0.3) is 0 Å². The van der Waals surface area contributed by atoms with Crippen molar-refractivity contribution in [1.82, 2.24) is 10.2 Å². The second kappa shape index (κ2) is 11.2. The van der Waals surface area contributed by atoms with Gasteiger partial charge in [-0.15, -0.1) is 0 Å². The highest BCUT2D eigenvalue weighted by atomic mass is 35.5. The number of halogens is 2. The molecule has 7 nitrogen and oxygen atoms in total. The molecule has 2 amide bonds. The molecule has 0 aliphatic carbocycles. The van der Waals surface area contributed by atoms with E-state index in [1.165, 1.54) is 23.1 Å². The minimum atomic E-state index is -3.92. The summed E-state index contributed by atoms with van der Waals surface area (Å²) in [6.07, 6.45) is 1.25. The van der Waals surface area contributed by atoms with Crippen LogP contribution in [0.2, 0.25) is 5.02 Å². The first-order chi connectivity index (χ1) is 15.7. The van der Waals surface area contributed by atoms with E-state index >= 15 is 0 Å². The highest BCUT2D eigenvalue weighted by Crippen LogP contribution is 2.21. The molecule has 2 aromatic carbocycles. The van der Waals surface area contributed by atoms with E-state index in [2.05, 4.69) is 5.32 Å². The number of hydrogen-bond donors (Lipinski definition) is 1. The zero-order valence-corrected chi connectivity index (χ0v) is 21.6. The normalized spacial score (nSPS) is 12.7. The number of nitrogens with one attached hydrogen (secondary N) is 1. The first kappa shape index (κ1) is 27.6. The predicted molar refractivity (Wildman–Crippen MR) is 133 cm³/mol. The van der Waals surface area contributed by atoms with Crippen molar-refractivity contribution in [3.8, 4) is 0 Å². The number of rotatable bonds is 9. The van der Waals surface area contributed by atoms with Gasteiger partial charge in [-0.05, 0) is 63.1 Å². The standard InChI is InChI=1S/C24H31ClFN3O4S/c1-6-21(23(31)27-24(2,3)4)28(15-17-10-12-18(25)13-11-17)22(30)16-29(34(5,32)33)20-9-7-8-19(26)14-20/h7-14,21H,6,15-16H2,1-5H3,(H,27,31)/t21-/m1/s1. The van der Waals surface area contributed by atoms with Crippen LogP contribution < -0.4 is 9.62 Å². The van der Waals surface area contributed by atoms with Crippen molar-refractivity contribution >= 4 is 39.1 Å². The van der Waals surface area contributed by atoms with Gasteiger partial charge in [0.25, 0.3) is 0 Å². The van der Waals surface area contributed by atoms with Crippen molar-refractivity contribution in [2.45, 2.75) is 52.2 Å². The van der Waals surface area contributed by atoms with E-state index in [9.17, 15) is 22.4 Å². The van der Waals surface area contributed by atoms with Crippen LogP contribution in [0.4, 0.5) is 10.1 Å². The first-order valence-corrected chi connectivity index (χ1v) is 13.0. The fraction of sp³-hybridized carbons (Fsp3) is 0.417. The van der Waals surface area contributed by atoms with E-state index in [1.54, 1.807) is 31.2 Å². The fourth-order valence-corrected chi connectivity index (χ4v) is 4.37. The number of anilines is 1. The zero-order chi connectivity index (χ0) is 25.7. The Bertz CT molecular complexity index is 1120. The molecule has 0 unspecified atom stereocenters. The third-order valence-corrected chi connectivity index (χ3v) is 6.32. The van der Waals surface area contributed by atoms with Crippen molar-refractivity contribution < 1.29 is 22.4 Å². The van der Waals surface area contributed by atoms with Crippen LogP contribution in [-0.2, 0) is 26.2 Å². The highest BCUT2D eigenvalue weighted by Gasteiger charge is 2.33. The Kier molecular flexibility index (Phi) is 9.08. The average molecular weight is 512 g/mol. The number of carbonyl (C=O) groups excluding carboxylic acids is 2. The highest BCUT2D eigenvalue weighted by molar-refractivity contribution is 7.92. The molecule has 10 heteroatoms. The summed E-state index contributed by atoms with van der Waals surface area (Å²) >= 11 is 5.97. The molecular weight excluding hydrogens is 481 g/mol. The smallest absolute Gasteiger partial charge is 0.244 e. The molecule has 0 aromatic heterocycles. The maximum Gasteiger partial charge on any atom is 0.244 e. The summed E-state index contributed by atoms with van der Waals surface area (Å²) < 4.78 is 39.6. The summed E-state index contributed by atoms with van der Waals surface area (Å²) in [6.45, 7) is 6.74. The zero-order valence-electron chi connectivity index (χ0n) is 20.0. The molecule has 0 heterocycles. The molecule has 0 saturated heterocycles. The minimum Gasteiger partial charge on any atom is -0.350 e. The van der Waals surface area contributed by atoms with Gasteiger partial charge >= 0.3 is 0 Å². The summed E-state index contributed by atoms with van der Waals surface area (Å²) in [6, 6.07) is 11.0. The summed E-state index contributed by atoms with van der Waals surface area (Å²) in [4.78, 5) is 27.9. The lowest BCUT2D eigenvalue weighted by molar-refractivity contribution is -0.141. The molecule has 0 fully saturated rings. The Balaban J connectivity index is 2.45. The van der Waals surface area contributed by atoms with E-state index in [-0.39, 0.29) is 18.1 Å². The molecule has 0 radical (unpaired) electrons. The van der Waals surface area contributed by atoms with Crippen molar-refractivity contribution in [2.75, 3.05) is 17.1 Å². The number of hydrogen-bond acceptors (Lipinski definition) is 4. The predicted octanol–water partition coefficient (Wildman–Crippen LogP) is 3.97. The number of sulfonamides is 1. The lowest BCUT2D eigenvalue weighted by Gasteiger charge is -2.34. The fourth-order valence-electron chi connectivity index (χ4n) is 3.40. The number of nitrogens with zero attached hydrogens (tertiary/aromatic N) is 2. The molecule has 0 saturated carbocycles. The van der Waals surface area contributed by atoms with E-state index in [0.717, 1.165) is 22.2 Å². The third-order valence-electron chi connectivity index (χ3n) is 4.93. The topological polar surface area (TPSA) is 86.8 Å². The monoisotopic (exact) mass is 511 g/mol. The van der Waals surface area contributed by atoms with Gasteiger partial charge in [-0.1, -0.05) is 36.7 Å². The van der Waals surface area contributed by atoms with Gasteiger partial charge in [0.2, 0.25) is 21.8 Å². The molecule has 2 rings (SSSR count). The van der Waals surface area contributed by atoms with E-state index in [4.69, 9.17) is 11.6 Å². The van der Waals surface area contributed by atoms with Crippen LogP contribution in [-0.4, -0.2) is 49.5 Å². The molecule has 2 aromatic rings. The third kappa shape index (κ3) is 7.99. The summed E-state index contributed by atoms with van der Waals surface area (Å²) in [5.41, 5.74) is 0.214. The van der Waals surface area contributed by atoms with Gasteiger partial charge in [0.05, 0.1) is 11.9 Å². The SMILES string of the molecule is CC[C@H](C(=O)NC(C)(C)C)N(Cc1ccc(Cl)cc1)C(=O)CN(c1cccc(F)c1)S(C)(=O)=O. The van der Waals surface area contributed by atoms with E-state index in [1.807, 2.05) is 20.8 Å². The van der Waals surface area contributed by atoms with E-state index < -0.39 is 39.9 Å². The first-order valence-electron chi connectivity index (χ1n) is 10.8. The second-order valence-electron chi connectivity index (χ2n) is 9.06. The maximum absolute atomic E-state index is 13.8. The van der Waals surface area contributed by atoms with Crippen LogP contribution >= 0.6 is 11.6 Å². The van der Waals surface area contributed by atoms with Crippen LogP contribution in [0.1, 0.15) is 39.7 Å². The van der Waals surface area contributed by atoms with E-state index in [0.29, 0.717) is 11.4 Å². The van der Waals surface area contributed by atoms with Crippen molar-refractivity contribution in [3.63, 3.8) is 0 Å². The van der Waals surface area contributed by atoms with Gasteiger partial charge in [0, 0.05) is 17.1 Å². The lowest BCUT2D eigenvalue weighted by atomic mass is 10.1. The van der Waals surface area contributed by atoms with Gasteiger partial charge in [-0.3, -0.25) is 13.9 Å². The Hall–Kier alpha value is -2.65. The molecule has 1 N–H and O–H groups in total. The molecular formula is C24H31ClFN3O4S. The molecule has 0 aliphatic heterocycles. The van der Waals surface area contributed by atoms with Crippen molar-refractivity contribution in [1.29, 1.82) is 0 Å². The van der Waals surface area contributed by atoms with Crippen LogP contribution in [0.5, 0.6) is 0 Å². The average Bonchev–Trinajstić information content (AvgIpc) is 2.71. The quantitative estimate of drug-likeness (QED) is 0.552. The molecule has 186 valence electrons. The maximum atomic E-state index is 13.8. The van der Waals surface area contributed by atoms with Gasteiger partial charge in [-0.2, -0.15) is 0 Å². The minimum absolute atomic E-state index is 0.0227. The van der Waals surface area contributed by atoms with Gasteiger partial charge in [0.15, 0.2) is 0 Å². The lowest BCUT2D eigenvalue weighted by Crippen LogP contribution is -2.55. The Morgan fingerprint density at radius 1 is 1.12 bits per heavy atom. The number of amides is 2. The Morgan fingerprint density at radius 2 is 1.74 bits per heavy atom. The van der Waals surface area contributed by atoms with Gasteiger partial charge in [0.1, 0.15) is 18.4 Å². The molecule has 0 bridgehead atoms. The van der Waals surface area contributed by atoms with Gasteiger partial charge in [-0.25, -0.2) is 12.8 Å². The van der Waals surface area contributed by atoms with Crippen LogP contribution in [0.3, 0.4) is 0 Å². The summed E-state index contributed by atoms with van der Waals surface area (Å²) in [7, 11) is -3.92. The van der Waals surface area contributed by atoms with Crippen molar-refractivity contribution in [2.24, 2.45) is 0 Å². The largest absolute Gasteiger partial charge is 0.350 e. The molecule has 0 aliphatic rings. The second-order valence-corrected chi connectivity index (χ2v) is 11.4. The Morgan fingerprint density at radius 3 is 2.24 bits per heavy atom. The number of benzene rings is 2. The van der Waals surface area contributed by atoms with Crippen LogP contribution in [0, 0.1) is 5.82 Å².